The zero-order valence-corrected chi connectivity index (χ0v) is 11.3. The van der Waals surface area contributed by atoms with Crippen molar-refractivity contribution in [3.05, 3.63) is 23.8 Å². The fraction of sp³-hybridized carbons (Fsp3) is 0.500. The maximum absolute atomic E-state index is 11.8. The van der Waals surface area contributed by atoms with Crippen LogP contribution >= 0.6 is 0 Å². The van der Waals surface area contributed by atoms with Crippen molar-refractivity contribution in [2.45, 2.75) is 25.4 Å². The average molecular weight is 265 g/mol. The average Bonchev–Trinajstić information content (AvgIpc) is 2.80. The number of amides is 1. The lowest BCUT2D eigenvalue weighted by Gasteiger charge is -2.24. The molecule has 1 unspecified atom stereocenters. The highest BCUT2D eigenvalue weighted by atomic mass is 16.5. The van der Waals surface area contributed by atoms with Crippen molar-refractivity contribution in [3.8, 4) is 11.5 Å². The lowest BCUT2D eigenvalue weighted by atomic mass is 10.1. The molecule has 0 radical (unpaired) electrons. The first-order valence-electron chi connectivity index (χ1n) is 6.30. The zero-order chi connectivity index (χ0) is 13.8. The fourth-order valence-corrected chi connectivity index (χ4v) is 2.37. The molecule has 0 aromatic heterocycles. The quantitative estimate of drug-likeness (QED) is 0.868. The van der Waals surface area contributed by atoms with Gasteiger partial charge in [-0.05, 0) is 18.6 Å². The van der Waals surface area contributed by atoms with E-state index >= 15 is 0 Å². The molecule has 0 spiro atoms. The molecular weight excluding hydrogens is 246 g/mol. The van der Waals surface area contributed by atoms with Gasteiger partial charge in [-0.1, -0.05) is 0 Å². The van der Waals surface area contributed by atoms with E-state index in [4.69, 9.17) is 9.47 Å². The molecule has 1 amide bonds. The topological polar surface area (TPSA) is 59.0 Å². The highest BCUT2D eigenvalue weighted by Gasteiger charge is 2.30. The molecule has 1 N–H and O–H groups in total. The standard InChI is InChI=1S/C14H19NO4/c1-18-12-5-3-10(13(7-12)19-2)8-15-11(9-16)4-6-14(15)17/h3,5,7,11,16H,4,6,8-9H2,1-2H3. The van der Waals surface area contributed by atoms with Crippen LogP contribution in [0.2, 0.25) is 0 Å². The number of carbonyl (C=O) groups excluding carboxylic acids is 1. The Morgan fingerprint density at radius 2 is 2.16 bits per heavy atom. The van der Waals surface area contributed by atoms with Gasteiger partial charge in [-0.15, -0.1) is 0 Å². The minimum atomic E-state index is -0.0840. The van der Waals surface area contributed by atoms with Gasteiger partial charge >= 0.3 is 0 Å². The number of benzene rings is 1. The van der Waals surface area contributed by atoms with Gasteiger partial charge in [0.15, 0.2) is 0 Å². The summed E-state index contributed by atoms with van der Waals surface area (Å²) in [4.78, 5) is 13.5. The number of aliphatic hydroxyl groups is 1. The van der Waals surface area contributed by atoms with Crippen LogP contribution < -0.4 is 9.47 Å². The van der Waals surface area contributed by atoms with E-state index in [9.17, 15) is 9.90 Å². The Morgan fingerprint density at radius 3 is 2.79 bits per heavy atom. The number of aliphatic hydroxyl groups excluding tert-OH is 1. The van der Waals surface area contributed by atoms with Crippen LogP contribution in [0.25, 0.3) is 0 Å². The SMILES string of the molecule is COc1ccc(CN2C(=O)CCC2CO)c(OC)c1. The molecule has 1 aromatic rings. The summed E-state index contributed by atoms with van der Waals surface area (Å²) in [5.41, 5.74) is 0.914. The van der Waals surface area contributed by atoms with Crippen LogP contribution in [0.3, 0.4) is 0 Å². The largest absolute Gasteiger partial charge is 0.497 e. The predicted octanol–water partition coefficient (Wildman–Crippen LogP) is 1.19. The molecule has 1 aliphatic heterocycles. The van der Waals surface area contributed by atoms with E-state index in [0.29, 0.717) is 30.9 Å². The monoisotopic (exact) mass is 265 g/mol. The second-order valence-corrected chi connectivity index (χ2v) is 4.57. The van der Waals surface area contributed by atoms with Crippen molar-refractivity contribution in [3.63, 3.8) is 0 Å². The van der Waals surface area contributed by atoms with Crippen LogP contribution in [0.5, 0.6) is 11.5 Å². The van der Waals surface area contributed by atoms with Gasteiger partial charge in [0.25, 0.3) is 0 Å². The van der Waals surface area contributed by atoms with Crippen molar-refractivity contribution < 1.29 is 19.4 Å². The number of hydrogen-bond donors (Lipinski definition) is 1. The van der Waals surface area contributed by atoms with Gasteiger partial charge in [0.2, 0.25) is 5.91 Å². The minimum Gasteiger partial charge on any atom is -0.497 e. The van der Waals surface area contributed by atoms with Crippen LogP contribution in [0, 0.1) is 0 Å². The maximum atomic E-state index is 11.8. The Bertz CT molecular complexity index is 461. The molecule has 1 saturated heterocycles. The van der Waals surface area contributed by atoms with Gasteiger partial charge in [-0.2, -0.15) is 0 Å². The van der Waals surface area contributed by atoms with Gasteiger partial charge in [0.1, 0.15) is 11.5 Å². The first-order valence-corrected chi connectivity index (χ1v) is 6.30. The van der Waals surface area contributed by atoms with E-state index in [-0.39, 0.29) is 18.6 Å². The molecule has 1 aromatic carbocycles. The third kappa shape index (κ3) is 2.81. The van der Waals surface area contributed by atoms with E-state index < -0.39 is 0 Å². The highest BCUT2D eigenvalue weighted by molar-refractivity contribution is 5.78. The van der Waals surface area contributed by atoms with Crippen molar-refractivity contribution in [1.82, 2.24) is 4.90 Å². The number of ether oxygens (including phenoxy) is 2. The number of carbonyl (C=O) groups is 1. The first kappa shape index (κ1) is 13.7. The zero-order valence-electron chi connectivity index (χ0n) is 11.3. The van der Waals surface area contributed by atoms with Crippen LogP contribution in [-0.2, 0) is 11.3 Å². The molecule has 1 aliphatic rings. The number of nitrogens with zero attached hydrogens (tertiary/aromatic N) is 1. The van der Waals surface area contributed by atoms with Crippen molar-refractivity contribution >= 4 is 5.91 Å². The molecular formula is C14H19NO4. The molecule has 0 bridgehead atoms. The Hall–Kier alpha value is -1.75. The molecule has 5 nitrogen and oxygen atoms in total. The van der Waals surface area contributed by atoms with Gasteiger partial charge in [0.05, 0.1) is 26.9 Å². The molecule has 19 heavy (non-hydrogen) atoms. The molecule has 5 heteroatoms. The summed E-state index contributed by atoms with van der Waals surface area (Å²) in [6, 6.07) is 5.44. The van der Waals surface area contributed by atoms with Crippen molar-refractivity contribution in [1.29, 1.82) is 0 Å². The Kier molecular flexibility index (Phi) is 4.27. The van der Waals surface area contributed by atoms with E-state index in [1.807, 2.05) is 12.1 Å². The van der Waals surface area contributed by atoms with Crippen LogP contribution in [-0.4, -0.2) is 42.8 Å². The summed E-state index contributed by atoms with van der Waals surface area (Å²) in [6.45, 7) is 0.460. The Balaban J connectivity index is 2.20. The van der Waals surface area contributed by atoms with Gasteiger partial charge < -0.3 is 19.5 Å². The smallest absolute Gasteiger partial charge is 0.223 e. The van der Waals surface area contributed by atoms with Gasteiger partial charge in [0, 0.05) is 24.6 Å². The van der Waals surface area contributed by atoms with E-state index in [1.165, 1.54) is 0 Å². The van der Waals surface area contributed by atoms with Crippen LogP contribution in [0.4, 0.5) is 0 Å². The fourth-order valence-electron chi connectivity index (χ4n) is 2.37. The highest BCUT2D eigenvalue weighted by Crippen LogP contribution is 2.28. The minimum absolute atomic E-state index is 0.00418. The third-order valence-electron chi connectivity index (χ3n) is 3.50. The lowest BCUT2D eigenvalue weighted by molar-refractivity contribution is -0.130. The molecule has 104 valence electrons. The molecule has 0 aliphatic carbocycles. The van der Waals surface area contributed by atoms with E-state index in [0.717, 1.165) is 5.56 Å². The van der Waals surface area contributed by atoms with Crippen LogP contribution in [0.1, 0.15) is 18.4 Å². The van der Waals surface area contributed by atoms with E-state index in [1.54, 1.807) is 25.2 Å². The molecule has 1 heterocycles. The summed E-state index contributed by atoms with van der Waals surface area (Å²) in [7, 11) is 3.19. The van der Waals surface area contributed by atoms with Gasteiger partial charge in [-0.3, -0.25) is 4.79 Å². The predicted molar refractivity (Wildman–Crippen MR) is 70.2 cm³/mol. The Labute approximate surface area is 112 Å². The van der Waals surface area contributed by atoms with Crippen molar-refractivity contribution in [2.75, 3.05) is 20.8 Å². The first-order chi connectivity index (χ1) is 9.19. The maximum Gasteiger partial charge on any atom is 0.223 e. The normalized spacial score (nSPS) is 18.8. The summed E-state index contributed by atoms with van der Waals surface area (Å²) in [6.07, 6.45) is 1.22. The van der Waals surface area contributed by atoms with Gasteiger partial charge in [-0.25, -0.2) is 0 Å². The molecule has 2 rings (SSSR count). The molecule has 1 fully saturated rings. The number of hydrogen-bond acceptors (Lipinski definition) is 4. The summed E-state index contributed by atoms with van der Waals surface area (Å²) in [5, 5.41) is 9.30. The molecule has 1 atom stereocenters. The van der Waals surface area contributed by atoms with Crippen LogP contribution in [0.15, 0.2) is 18.2 Å². The van der Waals surface area contributed by atoms with E-state index in [2.05, 4.69) is 0 Å². The summed E-state index contributed by atoms with van der Waals surface area (Å²) >= 11 is 0. The summed E-state index contributed by atoms with van der Waals surface area (Å²) in [5.74, 6) is 1.49. The summed E-state index contributed by atoms with van der Waals surface area (Å²) < 4.78 is 10.5. The number of rotatable bonds is 5. The Morgan fingerprint density at radius 1 is 1.37 bits per heavy atom. The third-order valence-corrected chi connectivity index (χ3v) is 3.50. The van der Waals surface area contributed by atoms with Crippen molar-refractivity contribution in [2.24, 2.45) is 0 Å². The number of likely N-dealkylation sites (tertiary alicyclic amines) is 1. The molecule has 0 saturated carbocycles. The second kappa shape index (κ2) is 5.93. The lowest BCUT2D eigenvalue weighted by Crippen LogP contribution is -2.34. The second-order valence-electron chi connectivity index (χ2n) is 4.57. The number of methoxy groups -OCH3 is 2.